The Morgan fingerprint density at radius 2 is 2.06 bits per heavy atom. The Bertz CT molecular complexity index is 279. The molecule has 98 valence electrons. The Balaban J connectivity index is 2.82. The Hall–Kier alpha value is -0.950. The molecule has 6 nitrogen and oxygen atoms in total. The summed E-state index contributed by atoms with van der Waals surface area (Å²) in [6.45, 7) is 4.33. The third-order valence-corrected chi connectivity index (χ3v) is 2.66. The minimum absolute atomic E-state index is 0.345. The number of aliphatic hydroxyl groups excluding tert-OH is 3. The van der Waals surface area contributed by atoms with Crippen molar-refractivity contribution in [3.05, 3.63) is 12.7 Å². The summed E-state index contributed by atoms with van der Waals surface area (Å²) in [6, 6.07) is 0. The zero-order valence-electron chi connectivity index (χ0n) is 9.65. The van der Waals surface area contributed by atoms with Crippen molar-refractivity contribution in [2.75, 3.05) is 6.61 Å². The van der Waals surface area contributed by atoms with Gasteiger partial charge in [0.25, 0.3) is 0 Å². The lowest BCUT2D eigenvalue weighted by atomic mass is 9.93. The van der Waals surface area contributed by atoms with E-state index < -0.39 is 43.1 Å². The minimum atomic E-state index is -1.29. The summed E-state index contributed by atoms with van der Waals surface area (Å²) >= 11 is 0. The fourth-order valence-electron chi connectivity index (χ4n) is 1.86. The molecule has 0 amide bonds. The lowest BCUT2D eigenvalue weighted by Crippen LogP contribution is -2.59. The molecule has 5 atom stereocenters. The van der Waals surface area contributed by atoms with E-state index in [-0.39, 0.29) is 0 Å². The molecule has 1 aliphatic heterocycles. The number of rotatable bonds is 4. The van der Waals surface area contributed by atoms with E-state index in [2.05, 4.69) is 6.58 Å². The second-order valence-electron chi connectivity index (χ2n) is 3.98. The van der Waals surface area contributed by atoms with Gasteiger partial charge in [-0.15, -0.1) is 6.58 Å². The molecule has 0 spiro atoms. The van der Waals surface area contributed by atoms with Crippen molar-refractivity contribution in [3.8, 4) is 0 Å². The van der Waals surface area contributed by atoms with Crippen LogP contribution in [0.5, 0.6) is 0 Å². The first-order valence-corrected chi connectivity index (χ1v) is 5.41. The molecule has 1 rings (SSSR count). The Morgan fingerprint density at radius 3 is 2.53 bits per heavy atom. The van der Waals surface area contributed by atoms with Crippen LogP contribution in [0.2, 0.25) is 0 Å². The van der Waals surface area contributed by atoms with Gasteiger partial charge in [0, 0.05) is 6.92 Å². The van der Waals surface area contributed by atoms with Gasteiger partial charge in [-0.25, -0.2) is 0 Å². The van der Waals surface area contributed by atoms with Gasteiger partial charge in [-0.2, -0.15) is 0 Å². The monoisotopic (exact) mass is 246 g/mol. The number of esters is 1. The van der Waals surface area contributed by atoms with Gasteiger partial charge in [-0.1, -0.05) is 6.08 Å². The number of hydrogen-bond acceptors (Lipinski definition) is 6. The van der Waals surface area contributed by atoms with Crippen LogP contribution in [-0.2, 0) is 14.3 Å². The van der Waals surface area contributed by atoms with E-state index in [0.29, 0.717) is 6.42 Å². The Morgan fingerprint density at radius 1 is 1.41 bits per heavy atom. The van der Waals surface area contributed by atoms with Crippen molar-refractivity contribution in [2.45, 2.75) is 43.9 Å². The van der Waals surface area contributed by atoms with Gasteiger partial charge in [0.2, 0.25) is 0 Å². The third kappa shape index (κ3) is 3.26. The highest BCUT2D eigenvalue weighted by Gasteiger charge is 2.45. The summed E-state index contributed by atoms with van der Waals surface area (Å²) in [5.74, 6) is -0.568. The van der Waals surface area contributed by atoms with Gasteiger partial charge >= 0.3 is 5.97 Å². The molecule has 1 saturated heterocycles. The van der Waals surface area contributed by atoms with Crippen LogP contribution in [0.15, 0.2) is 12.7 Å². The van der Waals surface area contributed by atoms with Gasteiger partial charge < -0.3 is 24.8 Å². The largest absolute Gasteiger partial charge is 0.457 e. The van der Waals surface area contributed by atoms with Gasteiger partial charge in [-0.05, 0) is 6.42 Å². The normalized spacial score (nSPS) is 37.5. The predicted molar refractivity (Wildman–Crippen MR) is 58.1 cm³/mol. The summed E-state index contributed by atoms with van der Waals surface area (Å²) in [4.78, 5) is 10.9. The molecule has 0 aromatic carbocycles. The summed E-state index contributed by atoms with van der Waals surface area (Å²) < 4.78 is 10.3. The summed E-state index contributed by atoms with van der Waals surface area (Å²) in [7, 11) is 0. The van der Waals surface area contributed by atoms with Crippen molar-refractivity contribution in [3.63, 3.8) is 0 Å². The zero-order chi connectivity index (χ0) is 13.0. The molecule has 0 bridgehead atoms. The summed E-state index contributed by atoms with van der Waals surface area (Å²) in [5, 5.41) is 28.5. The lowest BCUT2D eigenvalue weighted by molar-refractivity contribution is -0.237. The highest BCUT2D eigenvalue weighted by atomic mass is 16.6. The van der Waals surface area contributed by atoms with Crippen LogP contribution in [0.4, 0.5) is 0 Å². The zero-order valence-corrected chi connectivity index (χ0v) is 9.65. The molecule has 1 fully saturated rings. The van der Waals surface area contributed by atoms with Crippen LogP contribution in [0.25, 0.3) is 0 Å². The second kappa shape index (κ2) is 6.11. The van der Waals surface area contributed by atoms with Crippen LogP contribution in [0.3, 0.4) is 0 Å². The first-order valence-electron chi connectivity index (χ1n) is 5.41. The van der Waals surface area contributed by atoms with Gasteiger partial charge in [0.1, 0.15) is 24.4 Å². The molecule has 1 unspecified atom stereocenters. The van der Waals surface area contributed by atoms with E-state index in [1.54, 1.807) is 6.08 Å². The molecule has 0 aromatic rings. The maximum absolute atomic E-state index is 10.9. The van der Waals surface area contributed by atoms with Gasteiger partial charge in [0.05, 0.1) is 6.61 Å². The summed E-state index contributed by atoms with van der Waals surface area (Å²) in [6.07, 6.45) is -3.13. The SMILES string of the molecule is C=CCC1O[C@H](CO)[C@@H](O)[C@H](O)[C@@H]1OC(C)=O. The molecule has 1 aliphatic rings. The van der Waals surface area contributed by atoms with Crippen LogP contribution >= 0.6 is 0 Å². The molecule has 17 heavy (non-hydrogen) atoms. The van der Waals surface area contributed by atoms with Crippen molar-refractivity contribution in [1.82, 2.24) is 0 Å². The predicted octanol–water partition coefficient (Wildman–Crippen LogP) is -1.02. The van der Waals surface area contributed by atoms with Crippen molar-refractivity contribution < 1.29 is 29.6 Å². The lowest BCUT2D eigenvalue weighted by Gasteiger charge is -2.41. The quantitative estimate of drug-likeness (QED) is 0.434. The van der Waals surface area contributed by atoms with Crippen molar-refractivity contribution in [2.24, 2.45) is 0 Å². The van der Waals surface area contributed by atoms with E-state index in [9.17, 15) is 15.0 Å². The third-order valence-electron chi connectivity index (χ3n) is 2.66. The first kappa shape index (κ1) is 14.1. The highest BCUT2D eigenvalue weighted by Crippen LogP contribution is 2.25. The molecular weight excluding hydrogens is 228 g/mol. The van der Waals surface area contributed by atoms with Gasteiger partial charge in [0.15, 0.2) is 6.10 Å². The number of carbonyl (C=O) groups is 1. The standard InChI is InChI=1S/C11H18O6/c1-3-4-7-11(16-6(2)13)10(15)9(14)8(5-12)17-7/h3,7-12,14-15H,1,4-5H2,2H3/t7?,8-,9-,10+,11-/m1/s1. The van der Waals surface area contributed by atoms with E-state index in [4.69, 9.17) is 14.6 Å². The summed E-state index contributed by atoms with van der Waals surface area (Å²) in [5.41, 5.74) is 0. The van der Waals surface area contributed by atoms with E-state index >= 15 is 0 Å². The average molecular weight is 246 g/mol. The number of hydrogen-bond donors (Lipinski definition) is 3. The molecule has 0 saturated carbocycles. The van der Waals surface area contributed by atoms with E-state index in [1.165, 1.54) is 6.92 Å². The number of ether oxygens (including phenoxy) is 2. The van der Waals surface area contributed by atoms with E-state index in [0.717, 1.165) is 0 Å². The van der Waals surface area contributed by atoms with Crippen LogP contribution in [0, 0.1) is 0 Å². The van der Waals surface area contributed by atoms with Crippen molar-refractivity contribution >= 4 is 5.97 Å². The Labute approximate surface area is 99.5 Å². The number of carbonyl (C=O) groups excluding carboxylic acids is 1. The number of aliphatic hydroxyl groups is 3. The molecule has 1 heterocycles. The maximum atomic E-state index is 10.9. The highest BCUT2D eigenvalue weighted by molar-refractivity contribution is 5.66. The molecule has 3 N–H and O–H groups in total. The average Bonchev–Trinajstić information content (AvgIpc) is 2.28. The first-order chi connectivity index (χ1) is 8.01. The van der Waals surface area contributed by atoms with E-state index in [1.807, 2.05) is 0 Å². The maximum Gasteiger partial charge on any atom is 0.303 e. The minimum Gasteiger partial charge on any atom is -0.457 e. The van der Waals surface area contributed by atoms with Crippen LogP contribution in [0.1, 0.15) is 13.3 Å². The Kier molecular flexibility index (Phi) is 5.07. The van der Waals surface area contributed by atoms with Crippen molar-refractivity contribution in [1.29, 1.82) is 0 Å². The topological polar surface area (TPSA) is 96.2 Å². The smallest absolute Gasteiger partial charge is 0.303 e. The second-order valence-corrected chi connectivity index (χ2v) is 3.98. The molecule has 0 radical (unpaired) electrons. The van der Waals surface area contributed by atoms with Crippen LogP contribution < -0.4 is 0 Å². The van der Waals surface area contributed by atoms with Gasteiger partial charge in [-0.3, -0.25) is 4.79 Å². The molecule has 0 aromatic heterocycles. The fourth-order valence-corrected chi connectivity index (χ4v) is 1.86. The fraction of sp³-hybridized carbons (Fsp3) is 0.727. The molecule has 6 heteroatoms. The molecular formula is C11H18O6. The molecule has 0 aliphatic carbocycles. The van der Waals surface area contributed by atoms with Crippen LogP contribution in [-0.4, -0.2) is 58.4 Å².